The van der Waals surface area contributed by atoms with Gasteiger partial charge in [0.15, 0.2) is 0 Å². The smallest absolute Gasteiger partial charge is 0.136 e. The number of rotatable bonds is 2. The lowest BCUT2D eigenvalue weighted by molar-refractivity contribution is -0.131. The van der Waals surface area contributed by atoms with Gasteiger partial charge in [-0.2, -0.15) is 0 Å². The SMILES string of the molecule is CC(C)C1CCCCC1N1C2CCCC1CC(=O)C2. The number of hydrogen-bond donors (Lipinski definition) is 0. The number of fused-ring (bicyclic) bond motifs is 2. The zero-order valence-electron chi connectivity index (χ0n) is 12.6. The maximum absolute atomic E-state index is 11.9. The van der Waals surface area contributed by atoms with Crippen LogP contribution in [0.2, 0.25) is 0 Å². The summed E-state index contributed by atoms with van der Waals surface area (Å²) >= 11 is 0. The van der Waals surface area contributed by atoms with Crippen molar-refractivity contribution in [1.82, 2.24) is 4.90 Å². The molecule has 2 heterocycles. The van der Waals surface area contributed by atoms with E-state index in [1.54, 1.807) is 0 Å². The van der Waals surface area contributed by atoms with Crippen molar-refractivity contribution in [3.8, 4) is 0 Å². The van der Waals surface area contributed by atoms with Crippen LogP contribution in [0, 0.1) is 11.8 Å². The molecule has 0 N–H and O–H groups in total. The van der Waals surface area contributed by atoms with E-state index < -0.39 is 0 Å². The quantitative estimate of drug-likeness (QED) is 0.755. The predicted molar refractivity (Wildman–Crippen MR) is 78.1 cm³/mol. The molecule has 2 aliphatic heterocycles. The van der Waals surface area contributed by atoms with Crippen LogP contribution >= 0.6 is 0 Å². The largest absolute Gasteiger partial charge is 0.300 e. The van der Waals surface area contributed by atoms with Gasteiger partial charge in [-0.3, -0.25) is 9.69 Å². The van der Waals surface area contributed by atoms with Crippen LogP contribution in [-0.2, 0) is 4.79 Å². The van der Waals surface area contributed by atoms with Crippen molar-refractivity contribution in [2.75, 3.05) is 0 Å². The Hall–Kier alpha value is -0.370. The average Bonchev–Trinajstić information content (AvgIpc) is 2.37. The van der Waals surface area contributed by atoms with E-state index >= 15 is 0 Å². The second-order valence-corrected chi connectivity index (χ2v) is 7.39. The second-order valence-electron chi connectivity index (χ2n) is 7.39. The molecule has 2 saturated heterocycles. The third kappa shape index (κ3) is 2.61. The zero-order chi connectivity index (χ0) is 13.4. The van der Waals surface area contributed by atoms with E-state index in [-0.39, 0.29) is 0 Å². The van der Waals surface area contributed by atoms with Crippen molar-refractivity contribution in [2.45, 2.75) is 89.8 Å². The molecule has 4 atom stereocenters. The Balaban J connectivity index is 1.80. The number of ketones is 1. The highest BCUT2D eigenvalue weighted by molar-refractivity contribution is 5.80. The summed E-state index contributed by atoms with van der Waals surface area (Å²) in [5.41, 5.74) is 0. The summed E-state index contributed by atoms with van der Waals surface area (Å²) in [4.78, 5) is 14.7. The molecule has 0 aromatic rings. The van der Waals surface area contributed by atoms with Crippen LogP contribution < -0.4 is 0 Å². The fraction of sp³-hybridized carbons (Fsp3) is 0.941. The molecule has 0 aromatic heterocycles. The summed E-state index contributed by atoms with van der Waals surface area (Å²) in [6, 6.07) is 1.95. The van der Waals surface area contributed by atoms with Gasteiger partial charge >= 0.3 is 0 Å². The van der Waals surface area contributed by atoms with Gasteiger partial charge in [0.1, 0.15) is 5.78 Å². The van der Waals surface area contributed by atoms with Crippen molar-refractivity contribution < 1.29 is 4.79 Å². The standard InChI is InChI=1S/C17H29NO/c1-12(2)16-8-3-4-9-17(16)18-13-6-5-7-14(18)11-15(19)10-13/h12-14,16-17H,3-11H2,1-2H3. The zero-order valence-corrected chi connectivity index (χ0v) is 12.6. The van der Waals surface area contributed by atoms with E-state index in [2.05, 4.69) is 18.7 Å². The maximum atomic E-state index is 11.9. The predicted octanol–water partition coefficient (Wildman–Crippen LogP) is 3.79. The maximum Gasteiger partial charge on any atom is 0.136 e. The lowest BCUT2D eigenvalue weighted by Gasteiger charge is -2.53. The monoisotopic (exact) mass is 263 g/mol. The van der Waals surface area contributed by atoms with E-state index in [0.29, 0.717) is 17.9 Å². The molecule has 1 aliphatic carbocycles. The molecule has 0 spiro atoms. The van der Waals surface area contributed by atoms with Gasteiger partial charge in [-0.05, 0) is 37.5 Å². The van der Waals surface area contributed by atoms with Gasteiger partial charge in [0.25, 0.3) is 0 Å². The first-order valence-corrected chi connectivity index (χ1v) is 8.46. The van der Waals surface area contributed by atoms with Crippen LogP contribution in [0.1, 0.15) is 71.6 Å². The summed E-state index contributed by atoms with van der Waals surface area (Å²) in [6.07, 6.45) is 11.2. The first kappa shape index (κ1) is 13.6. The molecule has 3 fully saturated rings. The van der Waals surface area contributed by atoms with Gasteiger partial charge in [0.05, 0.1) is 0 Å². The molecule has 0 radical (unpaired) electrons. The minimum atomic E-state index is 0.530. The number of Topliss-reactive ketones (excluding diaryl/α,β-unsaturated/α-hetero) is 1. The van der Waals surface area contributed by atoms with Gasteiger partial charge in [-0.25, -0.2) is 0 Å². The Kier molecular flexibility index (Phi) is 3.98. The fourth-order valence-electron chi connectivity index (χ4n) is 5.04. The van der Waals surface area contributed by atoms with E-state index in [1.165, 1.54) is 44.9 Å². The summed E-state index contributed by atoms with van der Waals surface area (Å²) in [6.45, 7) is 4.79. The van der Waals surface area contributed by atoms with Crippen molar-refractivity contribution >= 4 is 5.78 Å². The second kappa shape index (κ2) is 5.55. The molecule has 2 heteroatoms. The fourth-order valence-corrected chi connectivity index (χ4v) is 5.04. The van der Waals surface area contributed by atoms with Crippen LogP contribution in [0.4, 0.5) is 0 Å². The van der Waals surface area contributed by atoms with E-state index in [4.69, 9.17) is 0 Å². The number of nitrogens with zero attached hydrogens (tertiary/aromatic N) is 1. The summed E-state index contributed by atoms with van der Waals surface area (Å²) < 4.78 is 0. The normalized spacial score (nSPS) is 40.7. The van der Waals surface area contributed by atoms with Gasteiger partial charge in [-0.15, -0.1) is 0 Å². The highest BCUT2D eigenvalue weighted by Gasteiger charge is 2.44. The molecule has 2 bridgehead atoms. The molecule has 19 heavy (non-hydrogen) atoms. The molecule has 3 rings (SSSR count). The number of carbonyl (C=O) groups is 1. The molecule has 0 amide bonds. The summed E-state index contributed by atoms with van der Waals surface area (Å²) in [5, 5.41) is 0. The van der Waals surface area contributed by atoms with Crippen molar-refractivity contribution in [2.24, 2.45) is 11.8 Å². The van der Waals surface area contributed by atoms with Crippen LogP contribution in [-0.4, -0.2) is 28.8 Å². The van der Waals surface area contributed by atoms with Gasteiger partial charge in [0.2, 0.25) is 0 Å². The first-order chi connectivity index (χ1) is 9.16. The summed E-state index contributed by atoms with van der Waals surface area (Å²) in [7, 11) is 0. The van der Waals surface area contributed by atoms with E-state index in [9.17, 15) is 4.79 Å². The molecule has 0 aromatic carbocycles. The Morgan fingerprint density at radius 3 is 2.21 bits per heavy atom. The van der Waals surface area contributed by atoms with Gasteiger partial charge < -0.3 is 0 Å². The lowest BCUT2D eigenvalue weighted by Crippen LogP contribution is -2.59. The molecule has 108 valence electrons. The average molecular weight is 263 g/mol. The van der Waals surface area contributed by atoms with Gasteiger partial charge in [-0.1, -0.05) is 33.1 Å². The number of carbonyl (C=O) groups excluding carboxylic acids is 1. The van der Waals surface area contributed by atoms with Crippen LogP contribution in [0.25, 0.3) is 0 Å². The highest BCUT2D eigenvalue weighted by atomic mass is 16.1. The van der Waals surface area contributed by atoms with Gasteiger partial charge in [0, 0.05) is 31.0 Å². The number of hydrogen-bond acceptors (Lipinski definition) is 2. The van der Waals surface area contributed by atoms with Crippen molar-refractivity contribution in [1.29, 1.82) is 0 Å². The van der Waals surface area contributed by atoms with E-state index in [1.807, 2.05) is 0 Å². The summed E-state index contributed by atoms with van der Waals surface area (Å²) in [5.74, 6) is 2.19. The van der Waals surface area contributed by atoms with Crippen LogP contribution in [0.15, 0.2) is 0 Å². The van der Waals surface area contributed by atoms with Crippen LogP contribution in [0.3, 0.4) is 0 Å². The van der Waals surface area contributed by atoms with Crippen molar-refractivity contribution in [3.63, 3.8) is 0 Å². The Morgan fingerprint density at radius 1 is 0.947 bits per heavy atom. The Labute approximate surface area is 117 Å². The molecular formula is C17H29NO. The molecule has 1 saturated carbocycles. The third-order valence-corrected chi connectivity index (χ3v) is 5.87. The molecule has 4 unspecified atom stereocenters. The third-order valence-electron chi connectivity index (χ3n) is 5.87. The van der Waals surface area contributed by atoms with Crippen molar-refractivity contribution in [3.05, 3.63) is 0 Å². The molecular weight excluding hydrogens is 234 g/mol. The lowest BCUT2D eigenvalue weighted by atomic mass is 9.73. The molecule has 2 nitrogen and oxygen atoms in total. The van der Waals surface area contributed by atoms with Crippen LogP contribution in [0.5, 0.6) is 0 Å². The topological polar surface area (TPSA) is 20.3 Å². The van der Waals surface area contributed by atoms with E-state index in [0.717, 1.165) is 30.7 Å². The number of piperidine rings is 2. The minimum absolute atomic E-state index is 0.530. The first-order valence-electron chi connectivity index (χ1n) is 8.46. The Morgan fingerprint density at radius 2 is 1.58 bits per heavy atom. The highest BCUT2D eigenvalue weighted by Crippen LogP contribution is 2.41. The Bertz CT molecular complexity index is 322. The minimum Gasteiger partial charge on any atom is -0.300 e. The molecule has 3 aliphatic rings.